The Morgan fingerprint density at radius 1 is 0.733 bits per heavy atom. The third kappa shape index (κ3) is 5.56. The second-order valence-electron chi connectivity index (χ2n) is 7.91. The Morgan fingerprint density at radius 2 is 1.17 bits per heavy atom. The van der Waals surface area contributed by atoms with Gasteiger partial charge in [0.25, 0.3) is 0 Å². The van der Waals surface area contributed by atoms with Crippen molar-refractivity contribution in [3.8, 4) is 0 Å². The monoisotopic (exact) mass is 421 g/mol. The van der Waals surface area contributed by atoms with E-state index in [-0.39, 0.29) is 6.42 Å². The van der Waals surface area contributed by atoms with Gasteiger partial charge in [0.05, 0.1) is 0 Å². The molecule has 0 spiro atoms. The van der Waals surface area contributed by atoms with Crippen LogP contribution in [-0.2, 0) is 4.79 Å². The average molecular weight is 422 g/mol. The van der Waals surface area contributed by atoms with E-state index >= 15 is 0 Å². The summed E-state index contributed by atoms with van der Waals surface area (Å²) < 4.78 is 0. The summed E-state index contributed by atoms with van der Waals surface area (Å²) in [6.07, 6.45) is 2.99. The first-order valence-corrected chi connectivity index (χ1v) is 12.9. The van der Waals surface area contributed by atoms with Crippen molar-refractivity contribution in [2.75, 3.05) is 26.3 Å². The molecule has 0 heterocycles. The second kappa shape index (κ2) is 11.1. The Bertz CT molecular complexity index is 803. The van der Waals surface area contributed by atoms with Crippen LogP contribution in [0.3, 0.4) is 0 Å². The number of carbonyl (C=O) groups is 1. The van der Waals surface area contributed by atoms with E-state index in [4.69, 9.17) is 5.11 Å². The Kier molecular flexibility index (Phi) is 8.19. The van der Waals surface area contributed by atoms with E-state index in [1.807, 2.05) is 0 Å². The molecule has 0 aromatic heterocycles. The van der Waals surface area contributed by atoms with Crippen molar-refractivity contribution in [1.82, 2.24) is 4.90 Å². The Balaban J connectivity index is 1.91. The maximum atomic E-state index is 10.8. The minimum absolute atomic E-state index is 0.255. The summed E-state index contributed by atoms with van der Waals surface area (Å²) in [6.45, 7) is 1.91. The van der Waals surface area contributed by atoms with Crippen LogP contribution in [0, 0.1) is 0 Å². The molecule has 0 bridgehead atoms. The summed E-state index contributed by atoms with van der Waals surface area (Å²) in [5.74, 6) is -0.707. The quantitative estimate of drug-likeness (QED) is 0.377. The number of hydrogen-bond acceptors (Lipinski definition) is 2. The molecule has 0 fully saturated rings. The molecule has 158 valence electrons. The number of hydrogen-bond donors (Lipinski definition) is 1. The molecule has 3 nitrogen and oxygen atoms in total. The van der Waals surface area contributed by atoms with Gasteiger partial charge in [-0.1, -0.05) is 0 Å². The van der Waals surface area contributed by atoms with Crippen molar-refractivity contribution in [1.29, 1.82) is 0 Å². The third-order valence-electron chi connectivity index (χ3n) is 5.85. The Morgan fingerprint density at radius 3 is 1.57 bits per heavy atom. The summed E-state index contributed by atoms with van der Waals surface area (Å²) >= 11 is 0. The zero-order valence-corrected chi connectivity index (χ0v) is 18.7. The standard InChI is InChI=1S/C26H32NO2P/c1-27(20-12-11-19-26(28)29)21-22-30(23-13-5-2-6-14-23,24-15-7-3-8-16-24)25-17-9-4-10-18-25/h2-10,13-18,30H,11-12,19-22H2,1H3,(H,28,29). The van der Waals surface area contributed by atoms with Gasteiger partial charge >= 0.3 is 181 Å². The number of rotatable bonds is 11. The molecular formula is C26H32NO2P. The predicted molar refractivity (Wildman–Crippen MR) is 130 cm³/mol. The van der Waals surface area contributed by atoms with E-state index in [1.165, 1.54) is 15.9 Å². The summed E-state index contributed by atoms with van der Waals surface area (Å²) in [7, 11) is -0.0341. The fourth-order valence-corrected chi connectivity index (χ4v) is 9.10. The van der Waals surface area contributed by atoms with Crippen molar-refractivity contribution in [2.45, 2.75) is 19.3 Å². The van der Waals surface area contributed by atoms with Gasteiger partial charge in [0.2, 0.25) is 0 Å². The average Bonchev–Trinajstić information content (AvgIpc) is 2.79. The first kappa shape index (κ1) is 22.2. The van der Waals surface area contributed by atoms with Crippen LogP contribution in [0.1, 0.15) is 19.3 Å². The molecule has 1 N–H and O–H groups in total. The van der Waals surface area contributed by atoms with E-state index in [9.17, 15) is 4.79 Å². The van der Waals surface area contributed by atoms with Crippen LogP contribution in [0.15, 0.2) is 91.0 Å². The van der Waals surface area contributed by atoms with Gasteiger partial charge in [-0.3, -0.25) is 0 Å². The Labute approximate surface area is 180 Å². The molecule has 4 heteroatoms. The van der Waals surface area contributed by atoms with Crippen molar-refractivity contribution in [3.63, 3.8) is 0 Å². The first-order chi connectivity index (χ1) is 14.6. The molecule has 0 aliphatic rings. The number of unbranched alkanes of at least 4 members (excludes halogenated alkanes) is 1. The van der Waals surface area contributed by atoms with Crippen LogP contribution in [0.25, 0.3) is 0 Å². The van der Waals surface area contributed by atoms with Crippen LogP contribution in [-0.4, -0.2) is 42.3 Å². The van der Waals surface area contributed by atoms with Crippen molar-refractivity contribution in [3.05, 3.63) is 91.0 Å². The van der Waals surface area contributed by atoms with E-state index in [0.29, 0.717) is 0 Å². The van der Waals surface area contributed by atoms with Crippen LogP contribution in [0.4, 0.5) is 0 Å². The molecule has 0 radical (unpaired) electrons. The number of nitrogens with zero attached hydrogens (tertiary/aromatic N) is 1. The fourth-order valence-electron chi connectivity index (χ4n) is 4.23. The summed E-state index contributed by atoms with van der Waals surface area (Å²) in [6, 6.07) is 32.9. The molecule has 3 rings (SSSR count). The van der Waals surface area contributed by atoms with Gasteiger partial charge in [0, 0.05) is 0 Å². The fraction of sp³-hybridized carbons (Fsp3) is 0.269. The normalized spacial score (nSPS) is 12.1. The summed E-state index contributed by atoms with van der Waals surface area (Å²) in [5, 5.41) is 13.2. The number of benzene rings is 3. The number of aliphatic carboxylic acids is 1. The molecule has 0 amide bonds. The molecule has 0 aliphatic heterocycles. The molecule has 0 atom stereocenters. The predicted octanol–water partition coefficient (Wildman–Crippen LogP) is 3.90. The van der Waals surface area contributed by atoms with Crippen LogP contribution < -0.4 is 15.9 Å². The topological polar surface area (TPSA) is 40.5 Å². The second-order valence-corrected chi connectivity index (χ2v) is 12.0. The van der Waals surface area contributed by atoms with E-state index in [0.717, 1.165) is 32.1 Å². The molecule has 3 aromatic rings. The van der Waals surface area contributed by atoms with E-state index in [1.54, 1.807) is 0 Å². The van der Waals surface area contributed by atoms with Gasteiger partial charge in [0.1, 0.15) is 0 Å². The molecule has 0 aliphatic carbocycles. The van der Waals surface area contributed by atoms with Crippen LogP contribution in [0.5, 0.6) is 0 Å². The van der Waals surface area contributed by atoms with Crippen molar-refractivity contribution < 1.29 is 9.90 Å². The van der Waals surface area contributed by atoms with Crippen LogP contribution in [0.2, 0.25) is 0 Å². The third-order valence-corrected chi connectivity index (χ3v) is 10.8. The van der Waals surface area contributed by atoms with Gasteiger partial charge in [-0.15, -0.1) is 0 Å². The minimum atomic E-state index is -2.19. The molecule has 30 heavy (non-hydrogen) atoms. The van der Waals surface area contributed by atoms with Crippen molar-refractivity contribution >= 4 is 29.1 Å². The Hall–Kier alpha value is -2.48. The first-order valence-electron chi connectivity index (χ1n) is 10.7. The van der Waals surface area contributed by atoms with Gasteiger partial charge in [-0.05, 0) is 0 Å². The molecule has 0 saturated carbocycles. The van der Waals surface area contributed by atoms with Gasteiger partial charge < -0.3 is 0 Å². The summed E-state index contributed by atoms with van der Waals surface area (Å²) in [4.78, 5) is 13.1. The van der Waals surface area contributed by atoms with E-state index in [2.05, 4.69) is 103 Å². The zero-order valence-electron chi connectivity index (χ0n) is 17.7. The maximum absolute atomic E-state index is 10.8. The van der Waals surface area contributed by atoms with Crippen molar-refractivity contribution in [2.24, 2.45) is 0 Å². The van der Waals surface area contributed by atoms with Gasteiger partial charge in [-0.2, -0.15) is 0 Å². The zero-order chi connectivity index (χ0) is 21.2. The van der Waals surface area contributed by atoms with E-state index < -0.39 is 13.2 Å². The number of carboxylic acid groups (broad SMARTS) is 1. The summed E-state index contributed by atoms with van der Waals surface area (Å²) in [5.41, 5.74) is 0. The number of carboxylic acids is 1. The molecule has 3 aromatic carbocycles. The molecular weight excluding hydrogens is 389 g/mol. The molecule has 0 saturated heterocycles. The van der Waals surface area contributed by atoms with Crippen LogP contribution >= 0.6 is 7.26 Å². The van der Waals surface area contributed by atoms with Gasteiger partial charge in [-0.25, -0.2) is 0 Å². The van der Waals surface area contributed by atoms with Gasteiger partial charge in [0.15, 0.2) is 0 Å². The SMILES string of the molecule is CN(CCCCC(=O)O)CC[PH](c1ccccc1)(c1ccccc1)c1ccccc1. The molecule has 0 unspecified atom stereocenters.